The Hall–Kier alpha value is -1.95. The monoisotopic (exact) mass is 279 g/mol. The van der Waals surface area contributed by atoms with E-state index in [4.69, 9.17) is 11.6 Å². The molecule has 0 saturated heterocycles. The number of aryl methyl sites for hydroxylation is 1. The molecule has 0 aliphatic heterocycles. The zero-order chi connectivity index (χ0) is 13.4. The summed E-state index contributed by atoms with van der Waals surface area (Å²) in [5.41, 5.74) is 1.03. The van der Waals surface area contributed by atoms with Crippen molar-refractivity contribution in [2.45, 2.75) is 12.4 Å². The second kappa shape index (κ2) is 4.62. The maximum absolute atomic E-state index is 13.7. The minimum absolute atomic E-state index is 0.209. The molecule has 0 saturated carbocycles. The van der Waals surface area contributed by atoms with E-state index in [2.05, 4.69) is 15.1 Å². The first-order chi connectivity index (χ1) is 9.19. The first-order valence-electron chi connectivity index (χ1n) is 5.73. The van der Waals surface area contributed by atoms with Gasteiger partial charge in [-0.2, -0.15) is 5.10 Å². The molecule has 0 amide bonds. The lowest BCUT2D eigenvalue weighted by molar-refractivity contribution is 0.637. The van der Waals surface area contributed by atoms with Crippen molar-refractivity contribution in [2.24, 2.45) is 7.05 Å². The lowest BCUT2D eigenvalue weighted by Crippen LogP contribution is -2.06. The van der Waals surface area contributed by atoms with Gasteiger partial charge in [0.05, 0.1) is 17.9 Å². The Morgan fingerprint density at radius 3 is 2.89 bits per heavy atom. The summed E-state index contributed by atoms with van der Waals surface area (Å²) in [7, 11) is 1.80. The molecule has 2 aromatic heterocycles. The molecule has 0 bridgehead atoms. The van der Waals surface area contributed by atoms with Crippen LogP contribution in [0.3, 0.4) is 0 Å². The maximum Gasteiger partial charge on any atom is 0.170 e. The SMILES string of the molecule is Cn1cnc(Cn2c(CCl)nc3c(F)cccc32)n1. The molecule has 1 aromatic carbocycles. The number of nitrogens with zero attached hydrogens (tertiary/aromatic N) is 5. The Morgan fingerprint density at radius 1 is 1.37 bits per heavy atom. The van der Waals surface area contributed by atoms with E-state index >= 15 is 0 Å². The number of para-hydroxylation sites is 1. The number of alkyl halides is 1. The average Bonchev–Trinajstić information content (AvgIpc) is 2.96. The van der Waals surface area contributed by atoms with E-state index in [1.54, 1.807) is 24.1 Å². The Balaban J connectivity index is 2.13. The van der Waals surface area contributed by atoms with Crippen LogP contribution in [0.25, 0.3) is 11.0 Å². The predicted octanol–water partition coefficient (Wildman–Crippen LogP) is 2.09. The fourth-order valence-corrected chi connectivity index (χ4v) is 2.24. The van der Waals surface area contributed by atoms with Gasteiger partial charge in [-0.1, -0.05) is 6.07 Å². The zero-order valence-electron chi connectivity index (χ0n) is 10.2. The fourth-order valence-electron chi connectivity index (χ4n) is 2.04. The third kappa shape index (κ3) is 2.08. The van der Waals surface area contributed by atoms with Gasteiger partial charge in [-0.25, -0.2) is 14.4 Å². The standard InChI is InChI=1S/C12H11ClFN5/c1-18-7-15-10(17-18)6-19-9-4-2-3-8(14)12(9)16-11(19)5-13/h2-4,7H,5-6H2,1H3. The number of benzene rings is 1. The van der Waals surface area contributed by atoms with E-state index in [-0.39, 0.29) is 11.7 Å². The van der Waals surface area contributed by atoms with Crippen molar-refractivity contribution in [3.8, 4) is 0 Å². The summed E-state index contributed by atoms with van der Waals surface area (Å²) in [6.07, 6.45) is 1.62. The smallest absolute Gasteiger partial charge is 0.170 e. The van der Waals surface area contributed by atoms with E-state index in [1.165, 1.54) is 6.07 Å². The van der Waals surface area contributed by atoms with E-state index in [9.17, 15) is 4.39 Å². The molecule has 19 heavy (non-hydrogen) atoms. The third-order valence-electron chi connectivity index (χ3n) is 2.87. The van der Waals surface area contributed by atoms with Crippen molar-refractivity contribution in [3.63, 3.8) is 0 Å². The van der Waals surface area contributed by atoms with Crippen LogP contribution in [0, 0.1) is 5.82 Å². The Bertz CT molecular complexity index is 733. The number of fused-ring (bicyclic) bond motifs is 1. The van der Waals surface area contributed by atoms with Gasteiger partial charge in [-0.15, -0.1) is 11.6 Å². The highest BCUT2D eigenvalue weighted by Gasteiger charge is 2.14. The molecule has 0 aliphatic rings. The van der Waals surface area contributed by atoms with Crippen LogP contribution >= 0.6 is 11.6 Å². The minimum atomic E-state index is -0.350. The first kappa shape index (κ1) is 12.1. The van der Waals surface area contributed by atoms with Gasteiger partial charge < -0.3 is 4.57 Å². The highest BCUT2D eigenvalue weighted by Crippen LogP contribution is 2.20. The summed E-state index contributed by atoms with van der Waals surface area (Å²) >= 11 is 5.88. The molecule has 98 valence electrons. The summed E-state index contributed by atoms with van der Waals surface area (Å²) in [6.45, 7) is 0.419. The molecule has 0 radical (unpaired) electrons. The summed E-state index contributed by atoms with van der Waals surface area (Å²) in [6, 6.07) is 4.85. The molecule has 0 spiro atoms. The molecule has 0 fully saturated rings. The van der Waals surface area contributed by atoms with Crippen molar-refractivity contribution in [3.05, 3.63) is 42.0 Å². The Labute approximate surface area is 113 Å². The van der Waals surface area contributed by atoms with Gasteiger partial charge in [0.25, 0.3) is 0 Å². The molecule has 0 atom stereocenters. The van der Waals surface area contributed by atoms with Gasteiger partial charge in [0.15, 0.2) is 11.6 Å². The van der Waals surface area contributed by atoms with Crippen LogP contribution in [0.4, 0.5) is 4.39 Å². The quantitative estimate of drug-likeness (QED) is 0.690. The van der Waals surface area contributed by atoms with Crippen LogP contribution < -0.4 is 0 Å². The minimum Gasteiger partial charge on any atom is -0.319 e. The van der Waals surface area contributed by atoms with Gasteiger partial charge in [-0.05, 0) is 12.1 Å². The van der Waals surface area contributed by atoms with Crippen LogP contribution in [0.1, 0.15) is 11.6 Å². The molecule has 3 rings (SSSR count). The van der Waals surface area contributed by atoms with Crippen LogP contribution in [0.2, 0.25) is 0 Å². The molecule has 0 unspecified atom stereocenters. The van der Waals surface area contributed by atoms with Crippen molar-refractivity contribution in [1.82, 2.24) is 24.3 Å². The highest BCUT2D eigenvalue weighted by atomic mass is 35.5. The van der Waals surface area contributed by atoms with Gasteiger partial charge in [0.2, 0.25) is 0 Å². The number of rotatable bonds is 3. The predicted molar refractivity (Wildman–Crippen MR) is 69.4 cm³/mol. The van der Waals surface area contributed by atoms with Crippen molar-refractivity contribution in [1.29, 1.82) is 0 Å². The first-order valence-corrected chi connectivity index (χ1v) is 6.26. The van der Waals surface area contributed by atoms with Crippen molar-refractivity contribution >= 4 is 22.6 Å². The molecular weight excluding hydrogens is 269 g/mol. The summed E-state index contributed by atoms with van der Waals surface area (Å²) < 4.78 is 17.2. The zero-order valence-corrected chi connectivity index (χ0v) is 11.0. The van der Waals surface area contributed by atoms with Gasteiger partial charge in [0.1, 0.15) is 17.7 Å². The second-order valence-corrected chi connectivity index (χ2v) is 4.46. The lowest BCUT2D eigenvalue weighted by atomic mass is 10.3. The summed E-state index contributed by atoms with van der Waals surface area (Å²) in [5.74, 6) is 1.10. The van der Waals surface area contributed by atoms with Crippen molar-refractivity contribution in [2.75, 3.05) is 0 Å². The lowest BCUT2D eigenvalue weighted by Gasteiger charge is -2.04. The Kier molecular flexibility index (Phi) is 2.94. The average molecular weight is 280 g/mol. The fraction of sp³-hybridized carbons (Fsp3) is 0.250. The largest absolute Gasteiger partial charge is 0.319 e. The van der Waals surface area contributed by atoms with Crippen LogP contribution in [-0.2, 0) is 19.5 Å². The molecule has 0 aliphatic carbocycles. The van der Waals surface area contributed by atoms with Gasteiger partial charge in [-0.3, -0.25) is 4.68 Å². The molecule has 7 heteroatoms. The number of imidazole rings is 1. The molecule has 2 heterocycles. The second-order valence-electron chi connectivity index (χ2n) is 4.19. The molecule has 5 nitrogen and oxygen atoms in total. The van der Waals surface area contributed by atoms with Gasteiger partial charge in [0, 0.05) is 7.05 Å². The highest BCUT2D eigenvalue weighted by molar-refractivity contribution is 6.16. The maximum atomic E-state index is 13.7. The number of halogens is 2. The Morgan fingerprint density at radius 2 is 2.21 bits per heavy atom. The molecular formula is C12H11ClFN5. The van der Waals surface area contributed by atoms with E-state index in [1.807, 2.05) is 10.6 Å². The van der Waals surface area contributed by atoms with Crippen LogP contribution in [0.15, 0.2) is 24.5 Å². The number of hydrogen-bond acceptors (Lipinski definition) is 3. The number of aromatic nitrogens is 5. The molecule has 3 aromatic rings. The number of hydrogen-bond donors (Lipinski definition) is 0. The third-order valence-corrected chi connectivity index (χ3v) is 3.11. The normalized spacial score (nSPS) is 11.3. The van der Waals surface area contributed by atoms with E-state index in [0.29, 0.717) is 29.2 Å². The van der Waals surface area contributed by atoms with Crippen molar-refractivity contribution < 1.29 is 4.39 Å². The topological polar surface area (TPSA) is 48.5 Å². The summed E-state index contributed by atoms with van der Waals surface area (Å²) in [5, 5.41) is 4.21. The van der Waals surface area contributed by atoms with Gasteiger partial charge >= 0.3 is 0 Å². The van der Waals surface area contributed by atoms with Crippen LogP contribution in [0.5, 0.6) is 0 Å². The summed E-state index contributed by atoms with van der Waals surface area (Å²) in [4.78, 5) is 8.39. The van der Waals surface area contributed by atoms with E-state index < -0.39 is 0 Å². The molecule has 0 N–H and O–H groups in total. The van der Waals surface area contributed by atoms with Crippen LogP contribution in [-0.4, -0.2) is 24.3 Å². The van der Waals surface area contributed by atoms with E-state index in [0.717, 1.165) is 0 Å².